The minimum absolute atomic E-state index is 0.0267. The Balaban J connectivity index is 1.47. The van der Waals surface area contributed by atoms with Gasteiger partial charge in [0, 0.05) is 44.3 Å². The third kappa shape index (κ3) is 4.71. The number of hydrogen-bond donors (Lipinski definition) is 3. The topological polar surface area (TPSA) is 125 Å². The smallest absolute Gasteiger partial charge is 0.324 e. The molecular weight excluding hydrogens is 472 g/mol. The van der Waals surface area contributed by atoms with E-state index in [9.17, 15) is 18.4 Å². The molecule has 0 fully saturated rings. The summed E-state index contributed by atoms with van der Waals surface area (Å²) in [6, 6.07) is 5.10. The molecule has 4 rings (SSSR count). The first-order valence-corrected chi connectivity index (χ1v) is 10.0. The zero-order valence-corrected chi connectivity index (χ0v) is 18.4. The summed E-state index contributed by atoms with van der Waals surface area (Å²) in [6.45, 7) is 0. The highest BCUT2D eigenvalue weighted by molar-refractivity contribution is 6.36. The normalized spacial score (nSPS) is 10.7. The minimum Gasteiger partial charge on any atom is -0.450 e. The van der Waals surface area contributed by atoms with Crippen molar-refractivity contribution in [2.75, 3.05) is 24.7 Å². The Labute approximate surface area is 195 Å². The van der Waals surface area contributed by atoms with Gasteiger partial charge >= 0.3 is 6.03 Å². The summed E-state index contributed by atoms with van der Waals surface area (Å²) in [5, 5.41) is 12.7. The largest absolute Gasteiger partial charge is 0.450 e. The van der Waals surface area contributed by atoms with Gasteiger partial charge in [0.15, 0.2) is 28.9 Å². The van der Waals surface area contributed by atoms with Crippen molar-refractivity contribution in [3.8, 4) is 11.5 Å². The van der Waals surface area contributed by atoms with E-state index in [0.29, 0.717) is 11.0 Å². The highest BCUT2D eigenvalue weighted by Crippen LogP contribution is 2.36. The van der Waals surface area contributed by atoms with E-state index in [1.165, 1.54) is 35.5 Å². The van der Waals surface area contributed by atoms with Gasteiger partial charge in [-0.3, -0.25) is 10.1 Å². The number of anilines is 2. The van der Waals surface area contributed by atoms with Crippen LogP contribution in [-0.2, 0) is 0 Å². The van der Waals surface area contributed by atoms with Crippen molar-refractivity contribution < 1.29 is 23.1 Å². The monoisotopic (exact) mass is 487 g/mol. The number of ether oxygens (including phenoxy) is 1. The maximum atomic E-state index is 14.6. The molecule has 4 aromatic rings. The molecule has 1 aromatic carbocycles. The predicted octanol–water partition coefficient (Wildman–Crippen LogP) is 4.42. The van der Waals surface area contributed by atoms with E-state index in [0.717, 1.165) is 12.1 Å². The maximum absolute atomic E-state index is 14.6. The molecule has 0 atom stereocenters. The number of halogens is 3. The van der Waals surface area contributed by atoms with Crippen LogP contribution in [0.25, 0.3) is 11.0 Å². The molecule has 0 bridgehead atoms. The van der Waals surface area contributed by atoms with E-state index >= 15 is 0 Å². The van der Waals surface area contributed by atoms with E-state index in [-0.39, 0.29) is 33.9 Å². The molecule has 10 nitrogen and oxygen atoms in total. The Morgan fingerprint density at radius 2 is 1.82 bits per heavy atom. The standard InChI is InChI=1S/C21H16ClF2N7O3/c1-31(2)20(32)14-3-4-16(30-29-14)28-21(33)27-10-7-12(23)18(13(24)8-10)34-15-5-6-25-19-17(15)11(22)9-26-19/h3-9H,1-2H3,(H,25,26)(H2,27,28,30,33). The van der Waals surface area contributed by atoms with Gasteiger partial charge in [-0.2, -0.15) is 0 Å². The number of benzene rings is 1. The van der Waals surface area contributed by atoms with Crippen LogP contribution in [0.4, 0.5) is 25.1 Å². The Hall–Kier alpha value is -4.32. The van der Waals surface area contributed by atoms with E-state index in [1.54, 1.807) is 14.1 Å². The van der Waals surface area contributed by atoms with Crippen molar-refractivity contribution in [3.05, 3.63) is 65.1 Å². The molecule has 0 aliphatic heterocycles. The van der Waals surface area contributed by atoms with Gasteiger partial charge < -0.3 is 19.9 Å². The van der Waals surface area contributed by atoms with E-state index in [1.807, 2.05) is 0 Å². The second kappa shape index (κ2) is 9.27. The lowest BCUT2D eigenvalue weighted by atomic mass is 10.2. The van der Waals surface area contributed by atoms with Crippen molar-refractivity contribution in [1.29, 1.82) is 0 Å². The zero-order valence-electron chi connectivity index (χ0n) is 17.7. The number of amides is 3. The quantitative estimate of drug-likeness (QED) is 0.382. The maximum Gasteiger partial charge on any atom is 0.324 e. The summed E-state index contributed by atoms with van der Waals surface area (Å²) in [7, 11) is 3.12. The molecule has 0 spiro atoms. The molecule has 0 radical (unpaired) electrons. The van der Waals surface area contributed by atoms with Gasteiger partial charge in [0.05, 0.1) is 10.4 Å². The fourth-order valence-corrected chi connectivity index (χ4v) is 3.17. The van der Waals surface area contributed by atoms with Crippen LogP contribution >= 0.6 is 11.6 Å². The Morgan fingerprint density at radius 3 is 2.47 bits per heavy atom. The molecule has 0 saturated heterocycles. The number of aromatic nitrogens is 4. The third-order valence-corrected chi connectivity index (χ3v) is 4.78. The predicted molar refractivity (Wildman–Crippen MR) is 120 cm³/mol. The van der Waals surface area contributed by atoms with Crippen LogP contribution in [0, 0.1) is 11.6 Å². The lowest BCUT2D eigenvalue weighted by Crippen LogP contribution is -2.24. The number of rotatable bonds is 5. The van der Waals surface area contributed by atoms with Gasteiger partial charge in [0.1, 0.15) is 11.4 Å². The Kier molecular flexibility index (Phi) is 6.23. The number of hydrogen-bond acceptors (Lipinski definition) is 6. The zero-order chi connectivity index (χ0) is 24.4. The van der Waals surface area contributed by atoms with E-state index in [4.69, 9.17) is 16.3 Å². The number of nitrogens with one attached hydrogen (secondary N) is 3. The number of nitrogens with zero attached hydrogens (tertiary/aromatic N) is 4. The van der Waals surface area contributed by atoms with Crippen molar-refractivity contribution in [2.24, 2.45) is 0 Å². The highest BCUT2D eigenvalue weighted by Gasteiger charge is 2.18. The first kappa shape index (κ1) is 22.9. The molecule has 0 unspecified atom stereocenters. The summed E-state index contributed by atoms with van der Waals surface area (Å²) >= 11 is 6.09. The lowest BCUT2D eigenvalue weighted by molar-refractivity contribution is 0.0821. The number of fused-ring (bicyclic) bond motifs is 1. The molecule has 3 heterocycles. The first-order valence-electron chi connectivity index (χ1n) is 9.65. The molecular formula is C21H16ClF2N7O3. The Bertz CT molecular complexity index is 1370. The van der Waals surface area contributed by atoms with Gasteiger partial charge in [-0.05, 0) is 18.2 Å². The molecule has 0 aliphatic rings. The Morgan fingerprint density at radius 1 is 1.09 bits per heavy atom. The van der Waals surface area contributed by atoms with Crippen LogP contribution in [0.15, 0.2) is 42.7 Å². The number of carbonyl (C=O) groups excluding carboxylic acids is 2. The van der Waals surface area contributed by atoms with Crippen LogP contribution in [0.5, 0.6) is 11.5 Å². The van der Waals surface area contributed by atoms with Gasteiger partial charge in [-0.1, -0.05) is 11.6 Å². The average Bonchev–Trinajstić information content (AvgIpc) is 3.18. The summed E-state index contributed by atoms with van der Waals surface area (Å²) in [5.74, 6) is -3.02. The van der Waals surface area contributed by atoms with Gasteiger partial charge in [0.2, 0.25) is 0 Å². The first-order chi connectivity index (χ1) is 16.2. The third-order valence-electron chi connectivity index (χ3n) is 4.49. The van der Waals surface area contributed by atoms with E-state index < -0.39 is 23.4 Å². The average molecular weight is 488 g/mol. The second-order valence-electron chi connectivity index (χ2n) is 7.12. The van der Waals surface area contributed by atoms with Crippen molar-refractivity contribution in [2.45, 2.75) is 0 Å². The molecule has 0 aliphatic carbocycles. The van der Waals surface area contributed by atoms with Crippen LogP contribution in [-0.4, -0.2) is 51.1 Å². The van der Waals surface area contributed by atoms with Gasteiger partial charge in [0.25, 0.3) is 5.91 Å². The number of pyridine rings is 1. The van der Waals surface area contributed by atoms with Gasteiger partial charge in [-0.25, -0.2) is 18.6 Å². The molecule has 174 valence electrons. The highest BCUT2D eigenvalue weighted by atomic mass is 35.5. The summed E-state index contributed by atoms with van der Waals surface area (Å²) in [4.78, 5) is 32.2. The number of H-pyrrole nitrogens is 1. The van der Waals surface area contributed by atoms with Crippen molar-refractivity contribution in [1.82, 2.24) is 25.1 Å². The molecule has 13 heteroatoms. The van der Waals surface area contributed by atoms with E-state index in [2.05, 4.69) is 30.8 Å². The second-order valence-corrected chi connectivity index (χ2v) is 7.53. The number of urea groups is 1. The fourth-order valence-electron chi connectivity index (χ4n) is 2.93. The SMILES string of the molecule is CN(C)C(=O)c1ccc(NC(=O)Nc2cc(F)c(Oc3ccnc4[nH]cc(Cl)c34)c(F)c2)nn1. The molecule has 34 heavy (non-hydrogen) atoms. The minimum atomic E-state index is -1.06. The van der Waals surface area contributed by atoms with Crippen molar-refractivity contribution in [3.63, 3.8) is 0 Å². The van der Waals surface area contributed by atoms with Crippen LogP contribution in [0.2, 0.25) is 5.02 Å². The fraction of sp³-hybridized carbons (Fsp3) is 0.0952. The molecule has 3 amide bonds. The number of aromatic amines is 1. The van der Waals surface area contributed by atoms with Crippen LogP contribution in [0.1, 0.15) is 10.5 Å². The van der Waals surface area contributed by atoms with Crippen LogP contribution in [0.3, 0.4) is 0 Å². The van der Waals surface area contributed by atoms with Crippen molar-refractivity contribution >= 4 is 46.1 Å². The van der Waals surface area contributed by atoms with Gasteiger partial charge in [-0.15, -0.1) is 10.2 Å². The molecule has 3 N–H and O–H groups in total. The summed E-state index contributed by atoms with van der Waals surface area (Å²) in [5.41, 5.74) is 0.301. The number of carbonyl (C=O) groups is 2. The molecule has 3 aromatic heterocycles. The lowest BCUT2D eigenvalue weighted by Gasteiger charge is -2.12. The van der Waals surface area contributed by atoms with Crippen LogP contribution < -0.4 is 15.4 Å². The summed E-state index contributed by atoms with van der Waals surface area (Å²) in [6.07, 6.45) is 2.87. The molecule has 0 saturated carbocycles. The summed E-state index contributed by atoms with van der Waals surface area (Å²) < 4.78 is 34.7.